The van der Waals surface area contributed by atoms with Gasteiger partial charge in [0.25, 0.3) is 5.56 Å². The third-order valence-corrected chi connectivity index (χ3v) is 1.94. The first-order chi connectivity index (χ1) is 7.58. The lowest BCUT2D eigenvalue weighted by Crippen LogP contribution is -2.06. The van der Waals surface area contributed by atoms with Crippen molar-refractivity contribution < 1.29 is 13.2 Å². The molecule has 6 heteroatoms. The highest BCUT2D eigenvalue weighted by molar-refractivity contribution is 5.59. The van der Waals surface area contributed by atoms with Gasteiger partial charge in [-0.1, -0.05) is 0 Å². The number of hydrogen-bond acceptors (Lipinski definition) is 2. The first kappa shape index (κ1) is 10.4. The first-order valence-electron chi connectivity index (χ1n) is 4.28. The Bertz CT molecular complexity index is 551. The summed E-state index contributed by atoms with van der Waals surface area (Å²) in [7, 11) is 0. The number of aromatic amines is 1. The van der Waals surface area contributed by atoms with Crippen LogP contribution in [0.1, 0.15) is 0 Å². The minimum atomic E-state index is -1.07. The van der Waals surface area contributed by atoms with E-state index < -0.39 is 28.6 Å². The second kappa shape index (κ2) is 3.80. The van der Waals surface area contributed by atoms with Gasteiger partial charge in [0.05, 0.1) is 11.3 Å². The van der Waals surface area contributed by atoms with Gasteiger partial charge in [0.1, 0.15) is 17.5 Å². The molecule has 0 aliphatic rings. The summed E-state index contributed by atoms with van der Waals surface area (Å²) in [6, 6.07) is 3.32. The van der Waals surface area contributed by atoms with Crippen molar-refractivity contribution in [1.29, 1.82) is 0 Å². The minimum absolute atomic E-state index is 0.102. The predicted molar refractivity (Wildman–Crippen MR) is 50.2 cm³/mol. The van der Waals surface area contributed by atoms with E-state index in [1.54, 1.807) is 0 Å². The molecule has 0 bridgehead atoms. The van der Waals surface area contributed by atoms with E-state index in [0.29, 0.717) is 12.1 Å². The van der Waals surface area contributed by atoms with E-state index in [0.717, 1.165) is 12.1 Å². The van der Waals surface area contributed by atoms with Crippen molar-refractivity contribution in [3.63, 3.8) is 0 Å². The van der Waals surface area contributed by atoms with Gasteiger partial charge < -0.3 is 0 Å². The van der Waals surface area contributed by atoms with Gasteiger partial charge in [-0.25, -0.2) is 18.3 Å². The molecule has 0 radical (unpaired) electrons. The predicted octanol–water partition coefficient (Wildman–Crippen LogP) is 1.85. The number of H-pyrrole nitrogens is 1. The SMILES string of the molecule is O=c1ccc(-c2c(F)cc(F)cc2F)n[nH]1. The maximum absolute atomic E-state index is 13.3. The van der Waals surface area contributed by atoms with Crippen LogP contribution in [0.25, 0.3) is 11.3 Å². The molecule has 3 nitrogen and oxygen atoms in total. The van der Waals surface area contributed by atoms with Crippen molar-refractivity contribution in [3.05, 3.63) is 52.1 Å². The summed E-state index contributed by atoms with van der Waals surface area (Å²) in [4.78, 5) is 10.7. The van der Waals surface area contributed by atoms with Gasteiger partial charge in [-0.3, -0.25) is 4.79 Å². The van der Waals surface area contributed by atoms with Crippen LogP contribution in [0.15, 0.2) is 29.1 Å². The van der Waals surface area contributed by atoms with Crippen LogP contribution in [0.2, 0.25) is 0 Å². The van der Waals surface area contributed by atoms with Crippen molar-refractivity contribution in [2.24, 2.45) is 0 Å². The number of nitrogens with one attached hydrogen (secondary N) is 1. The Balaban J connectivity index is 2.64. The second-order valence-electron chi connectivity index (χ2n) is 3.05. The molecular formula is C10H5F3N2O. The normalized spacial score (nSPS) is 10.4. The molecule has 0 saturated carbocycles. The highest BCUT2D eigenvalue weighted by atomic mass is 19.1. The Morgan fingerprint density at radius 2 is 1.69 bits per heavy atom. The molecule has 0 spiro atoms. The fraction of sp³-hybridized carbons (Fsp3) is 0. The van der Waals surface area contributed by atoms with Gasteiger partial charge in [0.15, 0.2) is 0 Å². The maximum Gasteiger partial charge on any atom is 0.264 e. The molecular weight excluding hydrogens is 221 g/mol. The summed E-state index contributed by atoms with van der Waals surface area (Å²) >= 11 is 0. The van der Waals surface area contributed by atoms with E-state index in [2.05, 4.69) is 5.10 Å². The zero-order valence-electron chi connectivity index (χ0n) is 7.80. The molecule has 1 aromatic carbocycles. The zero-order valence-corrected chi connectivity index (χ0v) is 7.80. The molecule has 2 aromatic rings. The molecule has 1 N–H and O–H groups in total. The lowest BCUT2D eigenvalue weighted by molar-refractivity contribution is 0.547. The van der Waals surface area contributed by atoms with Crippen molar-refractivity contribution >= 4 is 0 Å². The summed E-state index contributed by atoms with van der Waals surface area (Å²) in [6.45, 7) is 0. The van der Waals surface area contributed by atoms with E-state index in [1.165, 1.54) is 0 Å². The third kappa shape index (κ3) is 1.81. The Kier molecular flexibility index (Phi) is 2.47. The third-order valence-electron chi connectivity index (χ3n) is 1.94. The minimum Gasteiger partial charge on any atom is -0.268 e. The van der Waals surface area contributed by atoms with E-state index in [4.69, 9.17) is 0 Å². The number of rotatable bonds is 1. The summed E-state index contributed by atoms with van der Waals surface area (Å²) in [5.74, 6) is -3.16. The molecule has 0 atom stereocenters. The van der Waals surface area contributed by atoms with E-state index >= 15 is 0 Å². The van der Waals surface area contributed by atoms with Gasteiger partial charge in [0, 0.05) is 18.2 Å². The molecule has 0 fully saturated rings. The van der Waals surface area contributed by atoms with Crippen LogP contribution in [-0.2, 0) is 0 Å². The molecule has 2 rings (SSSR count). The Labute approximate surface area is 87.6 Å². The fourth-order valence-electron chi connectivity index (χ4n) is 1.27. The average molecular weight is 226 g/mol. The van der Waals surface area contributed by atoms with E-state index in [9.17, 15) is 18.0 Å². The highest BCUT2D eigenvalue weighted by Gasteiger charge is 2.14. The zero-order chi connectivity index (χ0) is 11.7. The topological polar surface area (TPSA) is 45.8 Å². The van der Waals surface area contributed by atoms with Crippen molar-refractivity contribution in [1.82, 2.24) is 10.2 Å². The van der Waals surface area contributed by atoms with Gasteiger partial charge in [-0.15, -0.1) is 0 Å². The smallest absolute Gasteiger partial charge is 0.264 e. The van der Waals surface area contributed by atoms with Crippen LogP contribution in [0.5, 0.6) is 0 Å². The Morgan fingerprint density at radius 3 is 2.19 bits per heavy atom. The molecule has 0 aliphatic carbocycles. The van der Waals surface area contributed by atoms with Crippen molar-refractivity contribution in [3.8, 4) is 11.3 Å². The van der Waals surface area contributed by atoms with Crippen molar-refractivity contribution in [2.45, 2.75) is 0 Å². The standard InChI is InChI=1S/C10H5F3N2O/c11-5-3-6(12)10(7(13)4-5)8-1-2-9(16)15-14-8/h1-4H,(H,15,16). The summed E-state index contributed by atoms with van der Waals surface area (Å²) in [6.07, 6.45) is 0. The van der Waals surface area contributed by atoms with Crippen LogP contribution in [0.4, 0.5) is 13.2 Å². The lowest BCUT2D eigenvalue weighted by atomic mass is 10.1. The maximum atomic E-state index is 13.3. The molecule has 1 aromatic heterocycles. The quantitative estimate of drug-likeness (QED) is 0.806. The number of hydrogen-bond donors (Lipinski definition) is 1. The summed E-state index contributed by atoms with van der Waals surface area (Å²) in [5, 5.41) is 5.49. The molecule has 0 aliphatic heterocycles. The lowest BCUT2D eigenvalue weighted by Gasteiger charge is -2.03. The molecule has 16 heavy (non-hydrogen) atoms. The van der Waals surface area contributed by atoms with Crippen LogP contribution >= 0.6 is 0 Å². The van der Waals surface area contributed by atoms with E-state index in [-0.39, 0.29) is 5.69 Å². The summed E-state index contributed by atoms with van der Waals surface area (Å²) in [5.41, 5.74) is -1.07. The number of benzene rings is 1. The molecule has 0 amide bonds. The number of aromatic nitrogens is 2. The largest absolute Gasteiger partial charge is 0.268 e. The molecule has 0 saturated heterocycles. The molecule has 82 valence electrons. The number of nitrogens with zero attached hydrogens (tertiary/aromatic N) is 1. The summed E-state index contributed by atoms with van der Waals surface area (Å²) < 4.78 is 39.2. The van der Waals surface area contributed by atoms with Crippen LogP contribution in [-0.4, -0.2) is 10.2 Å². The van der Waals surface area contributed by atoms with Crippen molar-refractivity contribution in [2.75, 3.05) is 0 Å². The van der Waals surface area contributed by atoms with Gasteiger partial charge in [0.2, 0.25) is 0 Å². The van der Waals surface area contributed by atoms with E-state index in [1.807, 2.05) is 5.10 Å². The Morgan fingerprint density at radius 1 is 1.06 bits per heavy atom. The number of halogens is 3. The Hall–Kier alpha value is -2.11. The van der Waals surface area contributed by atoms with Crippen LogP contribution in [0, 0.1) is 17.5 Å². The fourth-order valence-corrected chi connectivity index (χ4v) is 1.27. The highest BCUT2D eigenvalue weighted by Crippen LogP contribution is 2.24. The first-order valence-corrected chi connectivity index (χ1v) is 4.28. The molecule has 1 heterocycles. The molecule has 0 unspecified atom stereocenters. The second-order valence-corrected chi connectivity index (χ2v) is 3.05. The average Bonchev–Trinajstić information content (AvgIpc) is 2.19. The van der Waals surface area contributed by atoms with Crippen LogP contribution in [0.3, 0.4) is 0 Å². The van der Waals surface area contributed by atoms with Crippen LogP contribution < -0.4 is 5.56 Å². The monoisotopic (exact) mass is 226 g/mol. The van der Waals surface area contributed by atoms with Gasteiger partial charge >= 0.3 is 0 Å². The van der Waals surface area contributed by atoms with Gasteiger partial charge in [-0.05, 0) is 6.07 Å². The van der Waals surface area contributed by atoms with Gasteiger partial charge in [-0.2, -0.15) is 5.10 Å².